The van der Waals surface area contributed by atoms with Gasteiger partial charge in [0.2, 0.25) is 5.71 Å². The number of aromatic nitrogens is 7. The van der Waals surface area contributed by atoms with Gasteiger partial charge in [-0.1, -0.05) is 158 Å². The van der Waals surface area contributed by atoms with Crippen LogP contribution >= 0.6 is 0 Å². The molecule has 7 aromatic carbocycles. The van der Waals surface area contributed by atoms with E-state index in [1.807, 2.05) is 84.9 Å². The number of benzene rings is 7. The molecular formula is C54H33N7O. The molecule has 290 valence electrons. The first kappa shape index (κ1) is 35.3. The molecule has 0 saturated carbocycles. The van der Waals surface area contributed by atoms with E-state index in [1.54, 1.807) is 6.20 Å². The Hall–Kier alpha value is -8.62. The van der Waals surface area contributed by atoms with Gasteiger partial charge in [0.25, 0.3) is 0 Å². The van der Waals surface area contributed by atoms with Gasteiger partial charge in [0.1, 0.15) is 11.2 Å². The normalized spacial score (nSPS) is 11.5. The quantitative estimate of drug-likeness (QED) is 0.158. The number of rotatable bonds is 7. The van der Waals surface area contributed by atoms with Crippen molar-refractivity contribution in [3.8, 4) is 73.6 Å². The van der Waals surface area contributed by atoms with E-state index >= 15 is 0 Å². The van der Waals surface area contributed by atoms with Crippen LogP contribution in [0.25, 0.3) is 118 Å². The summed E-state index contributed by atoms with van der Waals surface area (Å²) in [6.07, 6.45) is 1.73. The second-order valence-corrected chi connectivity index (χ2v) is 15.1. The average Bonchev–Trinajstić information content (AvgIpc) is 3.90. The third-order valence-corrected chi connectivity index (χ3v) is 11.4. The summed E-state index contributed by atoms with van der Waals surface area (Å²) in [6.45, 7) is 0. The minimum absolute atomic E-state index is 0.514. The molecule has 5 aromatic heterocycles. The molecule has 0 aliphatic heterocycles. The van der Waals surface area contributed by atoms with E-state index in [-0.39, 0.29) is 0 Å². The molecular weight excluding hydrogens is 763 g/mol. The molecule has 0 radical (unpaired) electrons. The standard InChI is InChI=1S/C54H33N7O/c1-3-13-34(14-4-1)35-24-28-38(29-25-35)50-56-47(49-48(57-50)44-21-12-32-55-54(44)62-49)36-26-30-39(31-27-36)52-58-51(37-15-5-2-6-16-37)59-53(60-52)40-17-11-18-41(33-40)61-45-22-9-7-19-42(45)43-20-8-10-23-46(43)61/h1-33H. The average molecular weight is 796 g/mol. The molecule has 0 saturated heterocycles. The molecule has 0 fully saturated rings. The molecule has 0 spiro atoms. The Morgan fingerprint density at radius 2 is 0.839 bits per heavy atom. The fourth-order valence-corrected chi connectivity index (χ4v) is 8.36. The highest BCUT2D eigenvalue weighted by Gasteiger charge is 2.20. The first-order chi connectivity index (χ1) is 30.7. The van der Waals surface area contributed by atoms with Crippen molar-refractivity contribution in [2.75, 3.05) is 0 Å². The summed E-state index contributed by atoms with van der Waals surface area (Å²) >= 11 is 0. The van der Waals surface area contributed by atoms with Gasteiger partial charge in [-0.2, -0.15) is 0 Å². The van der Waals surface area contributed by atoms with Gasteiger partial charge in [0, 0.05) is 50.5 Å². The van der Waals surface area contributed by atoms with Crippen molar-refractivity contribution in [3.63, 3.8) is 0 Å². The van der Waals surface area contributed by atoms with Gasteiger partial charge in [-0.3, -0.25) is 0 Å². The predicted octanol–water partition coefficient (Wildman–Crippen LogP) is 13.1. The first-order valence-electron chi connectivity index (χ1n) is 20.4. The number of para-hydroxylation sites is 2. The second-order valence-electron chi connectivity index (χ2n) is 15.1. The van der Waals surface area contributed by atoms with Crippen LogP contribution in [0.5, 0.6) is 0 Å². The molecule has 0 bridgehead atoms. The fraction of sp³-hybridized carbons (Fsp3) is 0. The maximum atomic E-state index is 6.36. The number of pyridine rings is 1. The first-order valence-corrected chi connectivity index (χ1v) is 20.4. The second kappa shape index (κ2) is 14.6. The van der Waals surface area contributed by atoms with Crippen molar-refractivity contribution in [3.05, 3.63) is 200 Å². The Balaban J connectivity index is 0.963. The fourth-order valence-electron chi connectivity index (χ4n) is 8.36. The van der Waals surface area contributed by atoms with Crippen LogP contribution < -0.4 is 0 Å². The Kier molecular flexibility index (Phi) is 8.31. The lowest BCUT2D eigenvalue weighted by molar-refractivity contribution is 0.652. The molecule has 8 nitrogen and oxygen atoms in total. The molecule has 62 heavy (non-hydrogen) atoms. The summed E-state index contributed by atoms with van der Waals surface area (Å²) in [6, 6.07) is 66.2. The summed E-state index contributed by atoms with van der Waals surface area (Å²) in [7, 11) is 0. The Morgan fingerprint density at radius 3 is 1.50 bits per heavy atom. The van der Waals surface area contributed by atoms with Crippen LogP contribution in [0.15, 0.2) is 205 Å². The lowest BCUT2D eigenvalue weighted by Gasteiger charge is -2.12. The van der Waals surface area contributed by atoms with Crippen molar-refractivity contribution in [1.82, 2.24) is 34.5 Å². The maximum absolute atomic E-state index is 6.36. The molecule has 0 amide bonds. The Labute approximate surface area is 355 Å². The molecule has 5 heterocycles. The minimum Gasteiger partial charge on any atom is -0.434 e. The van der Waals surface area contributed by atoms with Crippen molar-refractivity contribution in [2.24, 2.45) is 0 Å². The van der Waals surface area contributed by atoms with E-state index < -0.39 is 0 Å². The van der Waals surface area contributed by atoms with Crippen LogP contribution in [0.3, 0.4) is 0 Å². The number of nitrogens with zero attached hydrogens (tertiary/aromatic N) is 7. The lowest BCUT2D eigenvalue weighted by Crippen LogP contribution is -2.01. The van der Waals surface area contributed by atoms with Gasteiger partial charge < -0.3 is 8.98 Å². The Morgan fingerprint density at radius 1 is 0.355 bits per heavy atom. The van der Waals surface area contributed by atoms with Crippen LogP contribution in [0.1, 0.15) is 0 Å². The predicted molar refractivity (Wildman–Crippen MR) is 247 cm³/mol. The SMILES string of the molecule is c1ccc(-c2ccc(-c3nc(-c4ccc(-c5nc(-c6ccccc6)nc(-c6cccc(-n7c8ccccc8c8ccccc87)c6)n5)cc4)c4oc5ncccc5c4n3)cc2)cc1. The molecule has 12 rings (SSSR count). The van der Waals surface area contributed by atoms with Gasteiger partial charge in [-0.15, -0.1) is 0 Å². The number of fused-ring (bicyclic) bond motifs is 6. The van der Waals surface area contributed by atoms with E-state index in [0.29, 0.717) is 45.8 Å². The molecule has 0 aliphatic carbocycles. The molecule has 0 N–H and O–H groups in total. The molecule has 12 aromatic rings. The highest BCUT2D eigenvalue weighted by Crippen LogP contribution is 2.37. The van der Waals surface area contributed by atoms with Crippen LogP contribution in [0, 0.1) is 0 Å². The highest BCUT2D eigenvalue weighted by molar-refractivity contribution is 6.09. The van der Waals surface area contributed by atoms with Gasteiger partial charge in [0.05, 0.1) is 16.4 Å². The van der Waals surface area contributed by atoms with Gasteiger partial charge in [-0.25, -0.2) is 29.9 Å². The van der Waals surface area contributed by atoms with Crippen molar-refractivity contribution in [1.29, 1.82) is 0 Å². The van der Waals surface area contributed by atoms with Gasteiger partial charge in [-0.05, 0) is 47.5 Å². The van der Waals surface area contributed by atoms with Crippen LogP contribution in [-0.4, -0.2) is 34.5 Å². The largest absolute Gasteiger partial charge is 0.434 e. The molecule has 0 atom stereocenters. The smallest absolute Gasteiger partial charge is 0.229 e. The summed E-state index contributed by atoms with van der Waals surface area (Å²) in [4.78, 5) is 29.9. The number of hydrogen-bond acceptors (Lipinski definition) is 7. The summed E-state index contributed by atoms with van der Waals surface area (Å²) in [5, 5.41) is 3.25. The summed E-state index contributed by atoms with van der Waals surface area (Å²) in [5.41, 5.74) is 12.4. The van der Waals surface area contributed by atoms with E-state index in [4.69, 9.17) is 29.3 Å². The van der Waals surface area contributed by atoms with E-state index in [9.17, 15) is 0 Å². The van der Waals surface area contributed by atoms with Crippen molar-refractivity contribution < 1.29 is 4.42 Å². The van der Waals surface area contributed by atoms with Crippen LogP contribution in [0.2, 0.25) is 0 Å². The zero-order chi connectivity index (χ0) is 41.0. The highest BCUT2D eigenvalue weighted by atomic mass is 16.3. The molecule has 8 heteroatoms. The molecule has 0 aliphatic rings. The van der Waals surface area contributed by atoms with E-state index in [2.05, 4.69) is 119 Å². The van der Waals surface area contributed by atoms with Crippen molar-refractivity contribution in [2.45, 2.75) is 0 Å². The third kappa shape index (κ3) is 6.09. The van der Waals surface area contributed by atoms with E-state index in [0.717, 1.165) is 61.1 Å². The zero-order valence-corrected chi connectivity index (χ0v) is 33.1. The van der Waals surface area contributed by atoms with Crippen LogP contribution in [-0.2, 0) is 0 Å². The van der Waals surface area contributed by atoms with Crippen molar-refractivity contribution >= 4 is 44.0 Å². The number of furan rings is 1. The lowest BCUT2D eigenvalue weighted by atomic mass is 10.0. The zero-order valence-electron chi connectivity index (χ0n) is 33.1. The summed E-state index contributed by atoms with van der Waals surface area (Å²) in [5.74, 6) is 2.33. The Bertz CT molecular complexity index is 3570. The molecule has 0 unspecified atom stereocenters. The van der Waals surface area contributed by atoms with Crippen LogP contribution in [0.4, 0.5) is 0 Å². The third-order valence-electron chi connectivity index (χ3n) is 11.4. The number of hydrogen-bond donors (Lipinski definition) is 0. The van der Waals surface area contributed by atoms with Gasteiger partial charge >= 0.3 is 0 Å². The monoisotopic (exact) mass is 795 g/mol. The topological polar surface area (TPSA) is 95.4 Å². The maximum Gasteiger partial charge on any atom is 0.229 e. The van der Waals surface area contributed by atoms with Gasteiger partial charge in [0.15, 0.2) is 28.9 Å². The minimum atomic E-state index is 0.514. The van der Waals surface area contributed by atoms with E-state index in [1.165, 1.54) is 10.8 Å². The summed E-state index contributed by atoms with van der Waals surface area (Å²) < 4.78 is 8.67.